The molecule has 2 N–H and O–H groups in total. The van der Waals surface area contributed by atoms with Gasteiger partial charge in [-0.1, -0.05) is 43.4 Å². The lowest BCUT2D eigenvalue weighted by molar-refractivity contribution is 0.102. The summed E-state index contributed by atoms with van der Waals surface area (Å²) in [4.78, 5) is 21.0. The average molecular weight is 338 g/mol. The molecule has 1 amide bonds. The first-order chi connectivity index (χ1) is 12.1. The van der Waals surface area contributed by atoms with E-state index < -0.39 is 0 Å². The number of carbonyl (C=O) groups is 1. The van der Waals surface area contributed by atoms with Crippen LogP contribution < -0.4 is 10.6 Å². The second-order valence-electron chi connectivity index (χ2n) is 6.90. The van der Waals surface area contributed by atoms with Crippen LogP contribution in [0.25, 0.3) is 0 Å². The van der Waals surface area contributed by atoms with Gasteiger partial charge in [0.05, 0.1) is 5.56 Å². The normalized spacial score (nSPS) is 15.4. The van der Waals surface area contributed by atoms with E-state index in [0.717, 1.165) is 24.1 Å². The van der Waals surface area contributed by atoms with Crippen molar-refractivity contribution in [2.75, 3.05) is 10.6 Å². The molecular formula is C20H26N4O. The molecule has 0 radical (unpaired) electrons. The summed E-state index contributed by atoms with van der Waals surface area (Å²) in [5.74, 6) is 0.419. The van der Waals surface area contributed by atoms with Crippen molar-refractivity contribution in [3.8, 4) is 0 Å². The second-order valence-corrected chi connectivity index (χ2v) is 6.90. The molecule has 1 aromatic heterocycles. The molecule has 0 bridgehead atoms. The molecule has 132 valence electrons. The lowest BCUT2D eigenvalue weighted by Crippen LogP contribution is -2.20. The Morgan fingerprint density at radius 1 is 1.04 bits per heavy atom. The van der Waals surface area contributed by atoms with E-state index in [1.165, 1.54) is 31.2 Å². The summed E-state index contributed by atoms with van der Waals surface area (Å²) in [5.41, 5.74) is 3.50. The fraction of sp³-hybridized carbons (Fsp3) is 0.450. The number of hydrogen-bond donors (Lipinski definition) is 2. The Kier molecular flexibility index (Phi) is 5.64. The van der Waals surface area contributed by atoms with E-state index in [1.54, 1.807) is 12.4 Å². The zero-order chi connectivity index (χ0) is 17.6. The molecule has 1 aromatic carbocycles. The molecule has 2 aromatic rings. The minimum atomic E-state index is -0.187. The van der Waals surface area contributed by atoms with Gasteiger partial charge in [-0.3, -0.25) is 4.79 Å². The molecule has 1 aliphatic rings. The Morgan fingerprint density at radius 3 is 2.36 bits per heavy atom. The van der Waals surface area contributed by atoms with E-state index in [2.05, 4.69) is 20.6 Å². The van der Waals surface area contributed by atoms with Gasteiger partial charge in [0.2, 0.25) is 5.95 Å². The van der Waals surface area contributed by atoms with Crippen molar-refractivity contribution in [2.45, 2.75) is 58.4 Å². The van der Waals surface area contributed by atoms with Gasteiger partial charge >= 0.3 is 0 Å². The Labute approximate surface area is 149 Å². The summed E-state index contributed by atoms with van der Waals surface area (Å²) in [6.45, 7) is 4.02. The van der Waals surface area contributed by atoms with E-state index in [0.29, 0.717) is 17.6 Å². The van der Waals surface area contributed by atoms with E-state index in [1.807, 2.05) is 32.0 Å². The molecule has 5 heteroatoms. The van der Waals surface area contributed by atoms with E-state index in [-0.39, 0.29) is 5.91 Å². The maximum atomic E-state index is 12.4. The van der Waals surface area contributed by atoms with Crippen LogP contribution in [-0.2, 0) is 0 Å². The third kappa shape index (κ3) is 4.78. The molecule has 0 saturated heterocycles. The van der Waals surface area contributed by atoms with Crippen molar-refractivity contribution in [2.24, 2.45) is 0 Å². The van der Waals surface area contributed by atoms with Crippen molar-refractivity contribution in [3.05, 3.63) is 47.3 Å². The zero-order valence-electron chi connectivity index (χ0n) is 15.0. The first-order valence-electron chi connectivity index (χ1n) is 9.09. The number of anilines is 2. The van der Waals surface area contributed by atoms with Crippen molar-refractivity contribution in [3.63, 3.8) is 0 Å². The smallest absolute Gasteiger partial charge is 0.258 e. The molecule has 25 heavy (non-hydrogen) atoms. The Bertz CT molecular complexity index is 719. The minimum Gasteiger partial charge on any atom is -0.351 e. The number of benzene rings is 1. The predicted molar refractivity (Wildman–Crippen MR) is 101 cm³/mol. The van der Waals surface area contributed by atoms with Crippen LogP contribution >= 0.6 is 0 Å². The van der Waals surface area contributed by atoms with Crippen LogP contribution in [0.3, 0.4) is 0 Å². The van der Waals surface area contributed by atoms with Gasteiger partial charge in [-0.2, -0.15) is 0 Å². The first-order valence-corrected chi connectivity index (χ1v) is 9.09. The van der Waals surface area contributed by atoms with Crippen molar-refractivity contribution < 1.29 is 4.79 Å². The predicted octanol–water partition coefficient (Wildman–Crippen LogP) is 4.48. The lowest BCUT2D eigenvalue weighted by Gasteiger charge is -2.16. The molecule has 0 atom stereocenters. The van der Waals surface area contributed by atoms with Gasteiger partial charge < -0.3 is 10.6 Å². The number of aromatic nitrogens is 2. The summed E-state index contributed by atoms with van der Waals surface area (Å²) in [7, 11) is 0. The Balaban J connectivity index is 1.62. The highest BCUT2D eigenvalue weighted by molar-refractivity contribution is 6.04. The SMILES string of the molecule is Cc1ccc(NC(=O)c2cnc(NC3CCCCCC3)nc2)c(C)c1. The number of carbonyl (C=O) groups excluding carboxylic acids is 1. The van der Waals surface area contributed by atoms with Gasteiger partial charge in [0.25, 0.3) is 5.91 Å². The topological polar surface area (TPSA) is 66.9 Å². The summed E-state index contributed by atoms with van der Waals surface area (Å²) in [6, 6.07) is 6.40. The largest absolute Gasteiger partial charge is 0.351 e. The molecule has 3 rings (SSSR count). The van der Waals surface area contributed by atoms with Crippen LogP contribution in [-0.4, -0.2) is 21.9 Å². The monoisotopic (exact) mass is 338 g/mol. The first kappa shape index (κ1) is 17.4. The summed E-state index contributed by atoms with van der Waals surface area (Å²) in [6.07, 6.45) is 10.7. The quantitative estimate of drug-likeness (QED) is 0.807. The number of nitrogens with zero attached hydrogens (tertiary/aromatic N) is 2. The molecule has 1 saturated carbocycles. The van der Waals surface area contributed by atoms with Crippen LogP contribution in [0.1, 0.15) is 60.0 Å². The highest BCUT2D eigenvalue weighted by Gasteiger charge is 2.14. The number of rotatable bonds is 4. The molecule has 0 unspecified atom stereocenters. The molecule has 1 aliphatic carbocycles. The Morgan fingerprint density at radius 2 is 1.72 bits per heavy atom. The van der Waals surface area contributed by atoms with Gasteiger partial charge in [0.1, 0.15) is 0 Å². The summed E-state index contributed by atoms with van der Waals surface area (Å²) >= 11 is 0. The Hall–Kier alpha value is -2.43. The van der Waals surface area contributed by atoms with Gasteiger partial charge in [-0.25, -0.2) is 9.97 Å². The highest BCUT2D eigenvalue weighted by atomic mass is 16.1. The number of aryl methyl sites for hydroxylation is 2. The molecular weight excluding hydrogens is 312 g/mol. The highest BCUT2D eigenvalue weighted by Crippen LogP contribution is 2.20. The number of amides is 1. The maximum absolute atomic E-state index is 12.4. The number of hydrogen-bond acceptors (Lipinski definition) is 4. The standard InChI is InChI=1S/C20H26N4O/c1-14-9-10-18(15(2)11-14)24-19(25)16-12-21-20(22-13-16)23-17-7-5-3-4-6-8-17/h9-13,17H,3-8H2,1-2H3,(H,24,25)(H,21,22,23). The van der Waals surface area contributed by atoms with Crippen molar-refractivity contribution >= 4 is 17.5 Å². The molecule has 1 heterocycles. The van der Waals surface area contributed by atoms with Crippen molar-refractivity contribution in [1.29, 1.82) is 0 Å². The van der Waals surface area contributed by atoms with E-state index >= 15 is 0 Å². The third-order valence-electron chi connectivity index (χ3n) is 4.73. The third-order valence-corrected chi connectivity index (χ3v) is 4.73. The van der Waals surface area contributed by atoms with Crippen LogP contribution in [0.2, 0.25) is 0 Å². The molecule has 0 spiro atoms. The van der Waals surface area contributed by atoms with E-state index in [4.69, 9.17) is 0 Å². The molecule has 0 aliphatic heterocycles. The molecule has 1 fully saturated rings. The molecule has 5 nitrogen and oxygen atoms in total. The second kappa shape index (κ2) is 8.10. The van der Waals surface area contributed by atoms with Crippen LogP contribution in [0.5, 0.6) is 0 Å². The van der Waals surface area contributed by atoms with Crippen LogP contribution in [0, 0.1) is 13.8 Å². The van der Waals surface area contributed by atoms with E-state index in [9.17, 15) is 4.79 Å². The number of nitrogens with one attached hydrogen (secondary N) is 2. The summed E-state index contributed by atoms with van der Waals surface area (Å²) in [5, 5.41) is 6.32. The van der Waals surface area contributed by atoms with Gasteiger partial charge in [-0.15, -0.1) is 0 Å². The fourth-order valence-electron chi connectivity index (χ4n) is 3.27. The average Bonchev–Trinajstić information content (AvgIpc) is 2.87. The zero-order valence-corrected chi connectivity index (χ0v) is 15.0. The minimum absolute atomic E-state index is 0.187. The van der Waals surface area contributed by atoms with Gasteiger partial charge in [0.15, 0.2) is 0 Å². The van der Waals surface area contributed by atoms with Gasteiger partial charge in [-0.05, 0) is 38.3 Å². The van der Waals surface area contributed by atoms with Crippen LogP contribution in [0.4, 0.5) is 11.6 Å². The fourth-order valence-corrected chi connectivity index (χ4v) is 3.27. The van der Waals surface area contributed by atoms with Gasteiger partial charge in [0, 0.05) is 24.1 Å². The summed E-state index contributed by atoms with van der Waals surface area (Å²) < 4.78 is 0. The van der Waals surface area contributed by atoms with Crippen molar-refractivity contribution in [1.82, 2.24) is 9.97 Å². The van der Waals surface area contributed by atoms with Crippen LogP contribution in [0.15, 0.2) is 30.6 Å². The maximum Gasteiger partial charge on any atom is 0.258 e. The lowest BCUT2D eigenvalue weighted by atomic mass is 10.1.